The maximum atomic E-state index is 13.5. The minimum atomic E-state index is -0.989. The molecule has 0 saturated carbocycles. The lowest BCUT2D eigenvalue weighted by atomic mass is 10.0. The summed E-state index contributed by atoms with van der Waals surface area (Å²) < 4.78 is 30.0. The van der Waals surface area contributed by atoms with Gasteiger partial charge in [0, 0.05) is 47.4 Å². The Morgan fingerprint density at radius 1 is 0.776 bits per heavy atom. The van der Waals surface area contributed by atoms with E-state index in [-0.39, 0.29) is 30.2 Å². The number of carbonyl (C=O) groups excluding carboxylic acids is 2. The highest BCUT2D eigenvalue weighted by Crippen LogP contribution is 2.25. The van der Waals surface area contributed by atoms with Crippen molar-refractivity contribution >= 4 is 23.5 Å². The van der Waals surface area contributed by atoms with Gasteiger partial charge >= 0.3 is 12.1 Å². The second kappa shape index (κ2) is 17.4. The minimum Gasteiger partial charge on any atom is -0.428 e. The third kappa shape index (κ3) is 11.9. The van der Waals surface area contributed by atoms with Crippen LogP contribution in [-0.2, 0) is 38.6 Å². The van der Waals surface area contributed by atoms with Gasteiger partial charge in [-0.1, -0.05) is 12.1 Å². The summed E-state index contributed by atoms with van der Waals surface area (Å²) in [5, 5.41) is 22.1. The molecule has 13 nitrogen and oxygen atoms in total. The first-order chi connectivity index (χ1) is 23.4. The van der Waals surface area contributed by atoms with Crippen molar-refractivity contribution in [3.8, 4) is 0 Å². The Bertz CT molecular complexity index is 1560. The smallest absolute Gasteiger partial charge is 0.428 e. The lowest BCUT2D eigenvalue weighted by Crippen LogP contribution is -2.51. The zero-order valence-electron chi connectivity index (χ0n) is 27.7. The molecule has 0 radical (unpaired) electrons. The van der Waals surface area contributed by atoms with Gasteiger partial charge in [0.1, 0.15) is 38.6 Å². The number of non-ortho nitro benzene ring substituents is 2. The van der Waals surface area contributed by atoms with Gasteiger partial charge in [0.2, 0.25) is 6.79 Å². The van der Waals surface area contributed by atoms with E-state index >= 15 is 0 Å². The van der Waals surface area contributed by atoms with Gasteiger partial charge < -0.3 is 23.2 Å². The summed E-state index contributed by atoms with van der Waals surface area (Å²) in [4.78, 5) is 45.9. The highest BCUT2D eigenvalue weighted by Gasteiger charge is 2.30. The molecule has 0 aromatic heterocycles. The first-order valence-electron chi connectivity index (χ1n) is 16.3. The molecule has 14 heteroatoms. The number of piperidine rings is 1. The number of esters is 1. The quantitative estimate of drug-likeness (QED) is 0.0517. The van der Waals surface area contributed by atoms with Crippen molar-refractivity contribution in [2.75, 3.05) is 46.6 Å². The summed E-state index contributed by atoms with van der Waals surface area (Å²) in [7, 11) is 1.93. The number of hydrogen-bond donors (Lipinski definition) is 0. The molecule has 1 aliphatic heterocycles. The Kier molecular flexibility index (Phi) is 13.1. The number of nitro groups is 2. The average Bonchev–Trinajstić information content (AvgIpc) is 3.06. The van der Waals surface area contributed by atoms with Crippen LogP contribution in [0.3, 0.4) is 0 Å². The van der Waals surface area contributed by atoms with E-state index in [2.05, 4.69) is 0 Å². The van der Waals surface area contributed by atoms with Gasteiger partial charge in [0.05, 0.1) is 42.9 Å². The molecule has 3 aromatic rings. The normalized spacial score (nSPS) is 15.1. The maximum Gasteiger partial charge on any atom is 0.511 e. The van der Waals surface area contributed by atoms with Crippen LogP contribution in [0.25, 0.3) is 0 Å². The van der Waals surface area contributed by atoms with Crippen LogP contribution in [0.2, 0.25) is 0 Å². The maximum absolute atomic E-state index is 13.5. The van der Waals surface area contributed by atoms with E-state index in [0.717, 1.165) is 66.6 Å². The molecular weight excluding hydrogens is 639 g/mol. The molecule has 1 atom stereocenters. The van der Waals surface area contributed by atoms with E-state index in [1.165, 1.54) is 36.4 Å². The van der Waals surface area contributed by atoms with E-state index in [1.54, 1.807) is 36.4 Å². The van der Waals surface area contributed by atoms with Gasteiger partial charge in [-0.2, -0.15) is 0 Å². The Morgan fingerprint density at radius 3 is 1.86 bits per heavy atom. The Hall–Kier alpha value is -4.95. The number of nitrogens with zero attached hydrogens (tertiary/aromatic N) is 4. The number of nitro benzene ring substituents is 2. The first kappa shape index (κ1) is 36.9. The van der Waals surface area contributed by atoms with Crippen LogP contribution in [0.4, 0.5) is 20.6 Å². The fraction of sp³-hybridized carbons (Fsp3) is 0.429. The van der Waals surface area contributed by atoms with Crippen molar-refractivity contribution in [3.05, 3.63) is 116 Å². The van der Waals surface area contributed by atoms with E-state index in [4.69, 9.17) is 14.2 Å². The van der Waals surface area contributed by atoms with Crippen LogP contribution < -0.4 is 0 Å². The topological polar surface area (TPSA) is 148 Å². The van der Waals surface area contributed by atoms with Gasteiger partial charge in [-0.25, -0.2) is 9.18 Å². The van der Waals surface area contributed by atoms with Crippen molar-refractivity contribution < 1.29 is 47.0 Å². The van der Waals surface area contributed by atoms with Gasteiger partial charge in [-0.15, -0.1) is 0 Å². The molecule has 0 bridgehead atoms. The number of benzene rings is 3. The Labute approximate surface area is 284 Å². The molecule has 1 aliphatic rings. The van der Waals surface area contributed by atoms with Crippen LogP contribution >= 0.6 is 0 Å². The highest BCUT2D eigenvalue weighted by atomic mass is 19.1. The van der Waals surface area contributed by atoms with Gasteiger partial charge in [0.25, 0.3) is 11.4 Å². The zero-order valence-corrected chi connectivity index (χ0v) is 27.7. The Morgan fingerprint density at radius 2 is 1.31 bits per heavy atom. The number of likely N-dealkylation sites (N-methyl/N-ethyl adjacent to an activating group) is 1. The van der Waals surface area contributed by atoms with Crippen LogP contribution in [0.15, 0.2) is 72.8 Å². The molecule has 1 saturated heterocycles. The summed E-state index contributed by atoms with van der Waals surface area (Å²) in [6.45, 7) is 4.11. The monoisotopic (exact) mass is 682 g/mol. The van der Waals surface area contributed by atoms with Gasteiger partial charge in [0.15, 0.2) is 0 Å². The van der Waals surface area contributed by atoms with Crippen LogP contribution in [0, 0.1) is 26.0 Å². The molecule has 1 unspecified atom stereocenters. The number of halogens is 1. The summed E-state index contributed by atoms with van der Waals surface area (Å²) in [6, 6.07) is 18.9. The molecule has 49 heavy (non-hydrogen) atoms. The number of ether oxygens (including phenoxy) is 3. The number of likely N-dealkylation sites (tertiary alicyclic amines) is 1. The molecule has 262 valence electrons. The summed E-state index contributed by atoms with van der Waals surface area (Å²) in [6.07, 6.45) is 3.05. The van der Waals surface area contributed by atoms with Crippen molar-refractivity contribution in [1.82, 2.24) is 0 Å². The summed E-state index contributed by atoms with van der Waals surface area (Å²) in [5.74, 6) is -0.850. The van der Waals surface area contributed by atoms with E-state index in [0.29, 0.717) is 30.5 Å². The third-order valence-electron chi connectivity index (χ3n) is 8.88. The van der Waals surface area contributed by atoms with E-state index < -0.39 is 28.8 Å². The molecule has 0 amide bonds. The van der Waals surface area contributed by atoms with E-state index in [1.807, 2.05) is 7.05 Å². The lowest BCUT2D eigenvalue weighted by Gasteiger charge is -2.41. The van der Waals surface area contributed by atoms with Crippen molar-refractivity contribution in [2.24, 2.45) is 0 Å². The molecule has 0 N–H and O–H groups in total. The summed E-state index contributed by atoms with van der Waals surface area (Å²) >= 11 is 0. The third-order valence-corrected chi connectivity index (χ3v) is 8.88. The molecule has 3 aromatic carbocycles. The predicted molar refractivity (Wildman–Crippen MR) is 176 cm³/mol. The lowest BCUT2D eigenvalue weighted by molar-refractivity contribution is -0.945. The van der Waals surface area contributed by atoms with Crippen LogP contribution in [0.5, 0.6) is 0 Å². The highest BCUT2D eigenvalue weighted by molar-refractivity contribution is 5.69. The molecular formula is C35H43FN4O9+2. The number of hydrogen-bond acceptors (Lipinski definition) is 9. The van der Waals surface area contributed by atoms with Gasteiger partial charge in [-0.05, 0) is 55.7 Å². The number of rotatable bonds is 17. The molecule has 0 aliphatic carbocycles. The fourth-order valence-electron chi connectivity index (χ4n) is 6.33. The average molecular weight is 683 g/mol. The fourth-order valence-corrected chi connectivity index (χ4v) is 6.33. The first-order valence-corrected chi connectivity index (χ1v) is 16.3. The van der Waals surface area contributed by atoms with Crippen LogP contribution in [0.1, 0.15) is 48.8 Å². The largest absolute Gasteiger partial charge is 0.511 e. The standard InChI is InChI=1S/C35H43FN4O9/c1-39(24-28-7-13-31(36)14-8-28,25-29-9-15-32(16-10-29)37(43)44)22-23-47-35(42)49-27-48-34(41)6-5-21-40(19-3-2-4-20-40)26-30-11-17-33(18-12-30)38(45)46/h7-18H,2-6,19-27H2,1H3/q+2. The Balaban J connectivity index is 1.20. The molecule has 1 fully saturated rings. The SMILES string of the molecule is C[N+](CCOC(=O)OCOC(=O)CCC[N+]1(Cc2ccc([N+](=O)[O-])cc2)CCCCC1)(Cc1ccc(F)cc1)Cc1ccc([N+](=O)[O-])cc1. The van der Waals surface area contributed by atoms with Gasteiger partial charge in [-0.3, -0.25) is 25.0 Å². The molecule has 4 rings (SSSR count). The zero-order chi connectivity index (χ0) is 35.3. The van der Waals surface area contributed by atoms with E-state index in [9.17, 15) is 34.2 Å². The van der Waals surface area contributed by atoms with Crippen molar-refractivity contribution in [2.45, 2.75) is 51.7 Å². The van der Waals surface area contributed by atoms with Crippen molar-refractivity contribution in [1.29, 1.82) is 0 Å². The predicted octanol–water partition coefficient (Wildman–Crippen LogP) is 6.42. The van der Waals surface area contributed by atoms with Crippen molar-refractivity contribution in [3.63, 3.8) is 0 Å². The summed E-state index contributed by atoms with van der Waals surface area (Å²) in [5.41, 5.74) is 2.75. The number of quaternary nitrogens is 2. The second-order valence-electron chi connectivity index (χ2n) is 12.8. The molecule has 1 heterocycles. The van der Waals surface area contributed by atoms with Crippen LogP contribution in [-0.4, -0.2) is 77.6 Å². The minimum absolute atomic E-state index is 0.0183. The number of carbonyl (C=O) groups is 2. The second-order valence-corrected chi connectivity index (χ2v) is 12.8. The molecule has 0 spiro atoms.